The molecule has 0 fully saturated rings. The number of aryl methyl sites for hydroxylation is 3. The molecule has 2 heterocycles. The normalized spacial score (nSPS) is 11.5. The summed E-state index contributed by atoms with van der Waals surface area (Å²) in [6.07, 6.45) is 4.14. The first-order valence-electron chi connectivity index (χ1n) is 10.8. The van der Waals surface area contributed by atoms with Crippen LogP contribution in [-0.2, 0) is 13.5 Å². The molecule has 0 spiro atoms. The first kappa shape index (κ1) is 19.5. The van der Waals surface area contributed by atoms with Gasteiger partial charge in [-0.25, -0.2) is 8.96 Å². The summed E-state index contributed by atoms with van der Waals surface area (Å²) in [6.45, 7) is 4.25. The van der Waals surface area contributed by atoms with E-state index < -0.39 is 0 Å². The third-order valence-corrected chi connectivity index (χ3v) is 6.06. The fraction of sp³-hybridized carbons (Fsp3) is 0.179. The summed E-state index contributed by atoms with van der Waals surface area (Å²) in [6, 6.07) is 21.9. The monoisotopic (exact) mass is 410 g/mol. The summed E-state index contributed by atoms with van der Waals surface area (Å²) in [4.78, 5) is 0. The third-order valence-electron chi connectivity index (χ3n) is 6.06. The van der Waals surface area contributed by atoms with Gasteiger partial charge in [-0.1, -0.05) is 49.7 Å². The summed E-state index contributed by atoms with van der Waals surface area (Å²) in [5.74, 6) is -0.265. The van der Waals surface area contributed by atoms with Gasteiger partial charge in [-0.3, -0.25) is 0 Å². The van der Waals surface area contributed by atoms with Crippen molar-refractivity contribution in [2.75, 3.05) is 0 Å². The first-order chi connectivity index (χ1) is 15.1. The molecule has 3 aromatic carbocycles. The maximum Gasteiger partial charge on any atom is 0.216 e. The lowest BCUT2D eigenvalue weighted by Crippen LogP contribution is -2.30. The predicted octanol–water partition coefficient (Wildman–Crippen LogP) is 7.14. The second-order valence-electron chi connectivity index (χ2n) is 8.18. The van der Waals surface area contributed by atoms with E-state index in [-0.39, 0.29) is 5.82 Å². The highest BCUT2D eigenvalue weighted by Gasteiger charge is 2.22. The highest BCUT2D eigenvalue weighted by atomic mass is 19.1. The van der Waals surface area contributed by atoms with Crippen LogP contribution < -0.4 is 4.57 Å². The zero-order chi connectivity index (χ0) is 21.5. The molecule has 0 aliphatic heterocycles. The van der Waals surface area contributed by atoms with Crippen molar-refractivity contribution in [3.05, 3.63) is 89.9 Å². The fourth-order valence-corrected chi connectivity index (χ4v) is 4.48. The standard InChI is InChI=1S/C28H25FNO/c1-4-7-19-10-12-20(13-11-19)26-23(29)16-15-22-21-14-9-18(2)25(27(21)31-28(22)26)24-8-5-6-17-30(24)3/h5-6,8-17H,4,7H2,1-3H3/q+1. The Balaban J connectivity index is 1.80. The molecule has 0 unspecified atom stereocenters. The quantitative estimate of drug-likeness (QED) is 0.288. The predicted molar refractivity (Wildman–Crippen MR) is 124 cm³/mol. The second-order valence-corrected chi connectivity index (χ2v) is 8.18. The fourth-order valence-electron chi connectivity index (χ4n) is 4.48. The van der Waals surface area contributed by atoms with E-state index in [4.69, 9.17) is 4.42 Å². The van der Waals surface area contributed by atoms with Gasteiger partial charge in [0.05, 0.1) is 11.1 Å². The number of benzene rings is 3. The van der Waals surface area contributed by atoms with Gasteiger partial charge in [0.1, 0.15) is 24.0 Å². The molecule has 0 aliphatic rings. The van der Waals surface area contributed by atoms with E-state index in [1.165, 1.54) is 5.56 Å². The van der Waals surface area contributed by atoms with Gasteiger partial charge in [0, 0.05) is 22.9 Å². The second kappa shape index (κ2) is 7.66. The highest BCUT2D eigenvalue weighted by Crippen LogP contribution is 2.41. The molecule has 2 nitrogen and oxygen atoms in total. The molecule has 3 heteroatoms. The molecule has 0 saturated carbocycles. The lowest BCUT2D eigenvalue weighted by atomic mass is 9.98. The lowest BCUT2D eigenvalue weighted by molar-refractivity contribution is -0.660. The van der Waals surface area contributed by atoms with Crippen LogP contribution in [0.2, 0.25) is 0 Å². The minimum Gasteiger partial charge on any atom is -0.454 e. The molecule has 0 aliphatic carbocycles. The Morgan fingerprint density at radius 3 is 2.26 bits per heavy atom. The van der Waals surface area contributed by atoms with Crippen molar-refractivity contribution in [3.8, 4) is 22.4 Å². The molecule has 0 saturated heterocycles. The number of nitrogens with zero attached hydrogens (tertiary/aromatic N) is 1. The number of halogens is 1. The van der Waals surface area contributed by atoms with Crippen molar-refractivity contribution in [1.82, 2.24) is 0 Å². The van der Waals surface area contributed by atoms with Crippen molar-refractivity contribution in [2.45, 2.75) is 26.7 Å². The van der Waals surface area contributed by atoms with Crippen molar-refractivity contribution >= 4 is 21.9 Å². The van der Waals surface area contributed by atoms with Crippen molar-refractivity contribution in [1.29, 1.82) is 0 Å². The van der Waals surface area contributed by atoms with Gasteiger partial charge < -0.3 is 4.42 Å². The summed E-state index contributed by atoms with van der Waals surface area (Å²) < 4.78 is 23.6. The van der Waals surface area contributed by atoms with E-state index in [0.29, 0.717) is 11.1 Å². The SMILES string of the molecule is CCCc1ccc(-c2c(F)ccc3c2oc2c(-c4cccc[n+]4C)c(C)ccc23)cc1. The minimum atomic E-state index is -0.265. The molecule has 0 amide bonds. The average molecular weight is 411 g/mol. The van der Waals surface area contributed by atoms with Crippen molar-refractivity contribution in [3.63, 3.8) is 0 Å². The molecule has 0 bridgehead atoms. The zero-order valence-corrected chi connectivity index (χ0v) is 18.1. The van der Waals surface area contributed by atoms with Crippen LogP contribution in [0, 0.1) is 12.7 Å². The third kappa shape index (κ3) is 3.21. The number of hydrogen-bond donors (Lipinski definition) is 0. The molecule has 0 radical (unpaired) electrons. The zero-order valence-electron chi connectivity index (χ0n) is 18.1. The number of fused-ring (bicyclic) bond motifs is 3. The molecule has 31 heavy (non-hydrogen) atoms. The number of pyridine rings is 1. The van der Waals surface area contributed by atoms with E-state index in [2.05, 4.69) is 48.7 Å². The van der Waals surface area contributed by atoms with Crippen LogP contribution in [-0.4, -0.2) is 0 Å². The largest absolute Gasteiger partial charge is 0.454 e. The lowest BCUT2D eigenvalue weighted by Gasteiger charge is -2.06. The molecule has 2 aromatic heterocycles. The van der Waals surface area contributed by atoms with Crippen molar-refractivity contribution < 1.29 is 13.4 Å². The molecule has 154 valence electrons. The van der Waals surface area contributed by atoms with Gasteiger partial charge in [0.2, 0.25) is 5.69 Å². The summed E-state index contributed by atoms with van der Waals surface area (Å²) in [5.41, 5.74) is 7.26. The maximum absolute atomic E-state index is 15.1. The van der Waals surface area contributed by atoms with Gasteiger partial charge in [-0.15, -0.1) is 0 Å². The van der Waals surface area contributed by atoms with Crippen LogP contribution in [0.3, 0.4) is 0 Å². The Morgan fingerprint density at radius 2 is 1.55 bits per heavy atom. The topological polar surface area (TPSA) is 17.0 Å². The van der Waals surface area contributed by atoms with Crippen LogP contribution in [0.25, 0.3) is 44.3 Å². The van der Waals surface area contributed by atoms with Gasteiger partial charge in [-0.05, 0) is 48.2 Å². The van der Waals surface area contributed by atoms with E-state index in [1.807, 2.05) is 43.6 Å². The van der Waals surface area contributed by atoms with Gasteiger partial charge in [-0.2, -0.15) is 0 Å². The number of rotatable bonds is 4. The number of hydrogen-bond acceptors (Lipinski definition) is 1. The van der Waals surface area contributed by atoms with E-state index >= 15 is 4.39 Å². The molecule has 5 aromatic rings. The van der Waals surface area contributed by atoms with Gasteiger partial charge in [0.15, 0.2) is 6.20 Å². The van der Waals surface area contributed by atoms with Crippen LogP contribution in [0.5, 0.6) is 0 Å². The molecule has 5 rings (SSSR count). The van der Waals surface area contributed by atoms with Crippen LogP contribution in [0.15, 0.2) is 77.3 Å². The molecule has 0 atom stereocenters. The van der Waals surface area contributed by atoms with E-state index in [1.54, 1.807) is 6.07 Å². The Bertz CT molecular complexity index is 1410. The van der Waals surface area contributed by atoms with E-state index in [9.17, 15) is 0 Å². The van der Waals surface area contributed by atoms with Crippen LogP contribution in [0.1, 0.15) is 24.5 Å². The van der Waals surface area contributed by atoms with Crippen molar-refractivity contribution in [2.24, 2.45) is 7.05 Å². The summed E-state index contributed by atoms with van der Waals surface area (Å²) in [7, 11) is 2.03. The highest BCUT2D eigenvalue weighted by molar-refractivity contribution is 6.13. The Kier molecular flexibility index (Phi) is 4.82. The summed E-state index contributed by atoms with van der Waals surface area (Å²) >= 11 is 0. The Hall–Kier alpha value is -3.46. The van der Waals surface area contributed by atoms with Crippen LogP contribution in [0.4, 0.5) is 4.39 Å². The minimum absolute atomic E-state index is 0.265. The van der Waals surface area contributed by atoms with E-state index in [0.717, 1.165) is 51.6 Å². The molecule has 0 N–H and O–H groups in total. The number of furan rings is 1. The Morgan fingerprint density at radius 1 is 0.839 bits per heavy atom. The van der Waals surface area contributed by atoms with Gasteiger partial charge >= 0.3 is 0 Å². The summed E-state index contributed by atoms with van der Waals surface area (Å²) in [5, 5.41) is 1.94. The van der Waals surface area contributed by atoms with Gasteiger partial charge in [0.25, 0.3) is 0 Å². The molecular formula is C28H25FNO+. The average Bonchev–Trinajstić information content (AvgIpc) is 3.14. The smallest absolute Gasteiger partial charge is 0.216 e. The molecular weight excluding hydrogens is 385 g/mol. The first-order valence-corrected chi connectivity index (χ1v) is 10.8. The number of aromatic nitrogens is 1. The van der Waals surface area contributed by atoms with Crippen LogP contribution >= 0.6 is 0 Å². The Labute approximate surface area is 181 Å². The maximum atomic E-state index is 15.1.